The Labute approximate surface area is 352 Å². The molecule has 0 aliphatic carbocycles. The number of rotatable bonds is 19. The third-order valence-electron chi connectivity index (χ3n) is 10.7. The van der Waals surface area contributed by atoms with Gasteiger partial charge in [-0.1, -0.05) is 0 Å². The Morgan fingerprint density at radius 3 is 1.29 bits per heavy atom. The molecule has 2 amide bonds. The van der Waals surface area contributed by atoms with Crippen LogP contribution in [-0.4, -0.2) is 280 Å². The van der Waals surface area contributed by atoms with Crippen molar-refractivity contribution in [2.24, 2.45) is 0 Å². The Bertz CT molecular complexity index is 1390. The van der Waals surface area contributed by atoms with E-state index in [0.29, 0.717) is 0 Å². The smallest absolute Gasteiger partial charge is 0.217 e. The molecule has 28 nitrogen and oxygen atoms in total. The van der Waals surface area contributed by atoms with E-state index in [1.54, 1.807) is 0 Å². The Balaban J connectivity index is 1.50. The van der Waals surface area contributed by atoms with E-state index in [2.05, 4.69) is 10.6 Å². The molecule has 0 spiro atoms. The van der Waals surface area contributed by atoms with Crippen molar-refractivity contribution in [3.63, 3.8) is 0 Å². The molecule has 0 radical (unpaired) electrons. The van der Waals surface area contributed by atoms with Crippen molar-refractivity contribution in [3.05, 3.63) is 0 Å². The standard InChI is InChI=1S/C34H60N2O26/c1-9(42)35-17-22(49)29(61-33-26(53)24(51)20(47)13(4-38)56-33)15(6-40)58-31(17)55-8-12(45)19(46)28(11(44)3-37)60-32-18(36-10(2)43)23(50)30(16(7-41)59-32)62-34-27(54)25(52)21(48)14(5-39)57-34/h11-34,37-41,44-54H,3-8H2,1-2H3,(H,35,42)(H,36,43)/t11-,12+,13+,14+,15+,16+,17+,18+,19-,20-,21-,22+,23+,24-,25-,26+,27+,28+,29+,30+,31+,32-,33-,34-/m0/s1. The Kier molecular flexibility index (Phi) is 19.9. The lowest BCUT2D eigenvalue weighted by molar-refractivity contribution is -0.356. The maximum Gasteiger partial charge on any atom is 0.217 e. The number of carbonyl (C=O) groups excluding carboxylic acids is 2. The summed E-state index contributed by atoms with van der Waals surface area (Å²) in [5.41, 5.74) is 0. The summed E-state index contributed by atoms with van der Waals surface area (Å²) in [7, 11) is 0. The van der Waals surface area contributed by atoms with Crippen LogP contribution in [0.5, 0.6) is 0 Å². The van der Waals surface area contributed by atoms with Crippen LogP contribution in [0.4, 0.5) is 0 Å². The predicted octanol–water partition coefficient (Wildman–Crippen LogP) is -12.0. The SMILES string of the molecule is CC(=O)N[C@H]1[C@H](OC[C@@H](O)[C@H](O)[C@H](O[C@@H]2O[C@H](CO)[C@@H](O[C@@H]3O[C@H](CO)[C@H](O)[C@H](O)[C@H]3O)[C@H](O)[C@H]2NC(C)=O)[C@@H](O)CO)O[C@H](CO)[C@@H](O[C@@H]2O[C@H](CO)[C@H](O)[C@H](O)[C@H]2O)[C@@H]1O. The van der Waals surface area contributed by atoms with Crippen LogP contribution in [0.25, 0.3) is 0 Å². The number of amides is 2. The van der Waals surface area contributed by atoms with Crippen LogP contribution >= 0.6 is 0 Å². The molecule has 362 valence electrons. The second-order valence-electron chi connectivity index (χ2n) is 15.2. The van der Waals surface area contributed by atoms with Crippen molar-refractivity contribution in [2.45, 2.75) is 161 Å². The van der Waals surface area contributed by atoms with Gasteiger partial charge >= 0.3 is 0 Å². The van der Waals surface area contributed by atoms with E-state index >= 15 is 0 Å². The topological polar surface area (TPSA) is 456 Å². The summed E-state index contributed by atoms with van der Waals surface area (Å²) in [4.78, 5) is 24.5. The van der Waals surface area contributed by atoms with Crippen molar-refractivity contribution in [2.75, 3.05) is 39.6 Å². The zero-order valence-corrected chi connectivity index (χ0v) is 33.3. The zero-order valence-electron chi connectivity index (χ0n) is 33.3. The Morgan fingerprint density at radius 1 is 0.516 bits per heavy atom. The highest BCUT2D eigenvalue weighted by Gasteiger charge is 2.54. The summed E-state index contributed by atoms with van der Waals surface area (Å²) in [5.74, 6) is -1.59. The monoisotopic (exact) mass is 912 g/mol. The van der Waals surface area contributed by atoms with Gasteiger partial charge in [0.25, 0.3) is 0 Å². The molecule has 4 heterocycles. The largest absolute Gasteiger partial charge is 0.394 e. The molecule has 0 aromatic rings. The minimum atomic E-state index is -2.27. The van der Waals surface area contributed by atoms with Crippen molar-refractivity contribution in [3.8, 4) is 0 Å². The van der Waals surface area contributed by atoms with Crippen molar-refractivity contribution in [1.29, 1.82) is 0 Å². The van der Waals surface area contributed by atoms with Crippen LogP contribution in [-0.2, 0) is 47.5 Å². The summed E-state index contributed by atoms with van der Waals surface area (Å²) in [6, 6.07) is -3.32. The minimum absolute atomic E-state index is 0.772. The fourth-order valence-corrected chi connectivity index (χ4v) is 7.34. The van der Waals surface area contributed by atoms with E-state index < -0.39 is 199 Å². The Morgan fingerprint density at radius 2 is 0.903 bits per heavy atom. The first-order chi connectivity index (χ1) is 29.2. The van der Waals surface area contributed by atoms with E-state index in [9.17, 15) is 91.3 Å². The third kappa shape index (κ3) is 12.1. The zero-order chi connectivity index (χ0) is 46.3. The van der Waals surface area contributed by atoms with Gasteiger partial charge in [0, 0.05) is 13.8 Å². The van der Waals surface area contributed by atoms with Gasteiger partial charge in [-0.15, -0.1) is 0 Å². The summed E-state index contributed by atoms with van der Waals surface area (Å²) < 4.78 is 44.6. The van der Waals surface area contributed by atoms with Gasteiger partial charge in [-0.3, -0.25) is 9.59 Å². The summed E-state index contributed by atoms with van der Waals surface area (Å²) in [5, 5.41) is 171. The number of aliphatic hydroxyl groups is 16. The van der Waals surface area contributed by atoms with Gasteiger partial charge in [-0.25, -0.2) is 0 Å². The molecule has 0 bridgehead atoms. The van der Waals surface area contributed by atoms with Crippen molar-refractivity contribution >= 4 is 11.8 Å². The predicted molar refractivity (Wildman–Crippen MR) is 192 cm³/mol. The van der Waals surface area contributed by atoms with Gasteiger partial charge in [0.05, 0.1) is 39.6 Å². The van der Waals surface area contributed by atoms with Crippen molar-refractivity contribution < 1.29 is 129 Å². The lowest BCUT2D eigenvalue weighted by Gasteiger charge is -2.48. The van der Waals surface area contributed by atoms with E-state index in [1.807, 2.05) is 0 Å². The van der Waals surface area contributed by atoms with Crippen LogP contribution in [0.15, 0.2) is 0 Å². The molecular formula is C34H60N2O26. The summed E-state index contributed by atoms with van der Waals surface area (Å²) >= 11 is 0. The Hall–Kier alpha value is -2.02. The number of carbonyl (C=O) groups is 2. The van der Waals surface area contributed by atoms with E-state index in [0.717, 1.165) is 13.8 Å². The normalized spacial score (nSPS) is 43.6. The first-order valence-corrected chi connectivity index (χ1v) is 19.5. The molecule has 0 aromatic carbocycles. The highest BCUT2D eigenvalue weighted by Crippen LogP contribution is 2.33. The molecule has 0 unspecified atom stereocenters. The highest BCUT2D eigenvalue weighted by molar-refractivity contribution is 5.73. The molecule has 28 heteroatoms. The average Bonchev–Trinajstić information content (AvgIpc) is 3.24. The lowest BCUT2D eigenvalue weighted by Crippen LogP contribution is -2.68. The first kappa shape index (κ1) is 52.6. The van der Waals surface area contributed by atoms with Gasteiger partial charge in [-0.05, 0) is 0 Å². The first-order valence-electron chi connectivity index (χ1n) is 19.5. The maximum absolute atomic E-state index is 12.3. The van der Waals surface area contributed by atoms with Gasteiger partial charge < -0.3 is 130 Å². The van der Waals surface area contributed by atoms with Crippen LogP contribution in [0, 0.1) is 0 Å². The average molecular weight is 913 g/mol. The molecule has 62 heavy (non-hydrogen) atoms. The lowest BCUT2D eigenvalue weighted by atomic mass is 9.95. The molecule has 4 fully saturated rings. The van der Waals surface area contributed by atoms with Gasteiger partial charge in [0.2, 0.25) is 11.8 Å². The fourth-order valence-electron chi connectivity index (χ4n) is 7.34. The van der Waals surface area contributed by atoms with Gasteiger partial charge in [-0.2, -0.15) is 0 Å². The number of aliphatic hydroxyl groups excluding tert-OH is 16. The minimum Gasteiger partial charge on any atom is -0.394 e. The van der Waals surface area contributed by atoms with Crippen LogP contribution in [0.2, 0.25) is 0 Å². The van der Waals surface area contributed by atoms with Crippen LogP contribution in [0.1, 0.15) is 13.8 Å². The van der Waals surface area contributed by atoms with E-state index in [1.165, 1.54) is 0 Å². The van der Waals surface area contributed by atoms with Crippen LogP contribution < -0.4 is 10.6 Å². The van der Waals surface area contributed by atoms with Gasteiger partial charge in [0.1, 0.15) is 122 Å². The molecule has 4 aliphatic rings. The quantitative estimate of drug-likeness (QED) is 0.0572. The highest BCUT2D eigenvalue weighted by atomic mass is 16.8. The third-order valence-corrected chi connectivity index (χ3v) is 10.7. The number of ether oxygens (including phenoxy) is 8. The van der Waals surface area contributed by atoms with E-state index in [-0.39, 0.29) is 0 Å². The molecule has 24 atom stereocenters. The second kappa shape index (κ2) is 23.4. The number of hydrogen-bond acceptors (Lipinski definition) is 26. The molecule has 18 N–H and O–H groups in total. The molecular weight excluding hydrogens is 852 g/mol. The maximum atomic E-state index is 12.3. The second-order valence-corrected chi connectivity index (χ2v) is 15.2. The molecule has 4 aliphatic heterocycles. The molecule has 4 saturated heterocycles. The summed E-state index contributed by atoms with van der Waals surface area (Å²) in [6.07, 6.45) is -40.5. The fraction of sp³-hybridized carbons (Fsp3) is 0.941. The summed E-state index contributed by atoms with van der Waals surface area (Å²) in [6.45, 7) is -3.65. The van der Waals surface area contributed by atoms with Crippen molar-refractivity contribution in [1.82, 2.24) is 10.6 Å². The number of hydrogen-bond donors (Lipinski definition) is 18. The van der Waals surface area contributed by atoms with Crippen LogP contribution in [0.3, 0.4) is 0 Å². The van der Waals surface area contributed by atoms with Gasteiger partial charge in [0.15, 0.2) is 25.2 Å². The molecule has 0 saturated carbocycles. The molecule has 0 aromatic heterocycles. The van der Waals surface area contributed by atoms with E-state index in [4.69, 9.17) is 37.9 Å². The molecule has 4 rings (SSSR count). The number of nitrogens with one attached hydrogen (secondary N) is 2.